The van der Waals surface area contributed by atoms with E-state index in [1.807, 2.05) is 4.90 Å². The van der Waals surface area contributed by atoms with Gasteiger partial charge in [0.2, 0.25) is 11.8 Å². The molecule has 4 rings (SSSR count). The summed E-state index contributed by atoms with van der Waals surface area (Å²) < 4.78 is 29.6. The lowest BCUT2D eigenvalue weighted by Gasteiger charge is -2.32. The van der Waals surface area contributed by atoms with Crippen molar-refractivity contribution < 1.29 is 13.5 Å². The van der Waals surface area contributed by atoms with Crippen LogP contribution in [-0.2, 0) is 11.1 Å². The molecule has 1 atom stereocenters. The minimum absolute atomic E-state index is 0.0822. The first-order valence-corrected chi connectivity index (χ1v) is 11.7. The van der Waals surface area contributed by atoms with Crippen molar-refractivity contribution >= 4 is 22.7 Å². The Bertz CT molecular complexity index is 1010. The monoisotopic (exact) mass is 447 g/mol. The van der Waals surface area contributed by atoms with Crippen molar-refractivity contribution in [3.8, 4) is 17.1 Å². The fourth-order valence-electron chi connectivity index (χ4n) is 3.53. The third kappa shape index (κ3) is 5.38. The largest absolute Gasteiger partial charge is 0.771 e. The molecule has 1 saturated heterocycles. The van der Waals surface area contributed by atoms with Gasteiger partial charge < -0.3 is 14.6 Å². The number of rotatable bonds is 9. The first kappa shape index (κ1) is 21.7. The van der Waals surface area contributed by atoms with Crippen molar-refractivity contribution in [2.24, 2.45) is 5.92 Å². The van der Waals surface area contributed by atoms with Crippen LogP contribution in [-0.4, -0.2) is 75.1 Å². The Labute approximate surface area is 182 Å². The quantitative estimate of drug-likeness (QED) is 0.469. The Balaban J connectivity index is 1.53. The number of aromatic nitrogens is 6. The second-order valence-corrected chi connectivity index (χ2v) is 8.97. The Morgan fingerprint density at radius 1 is 1.35 bits per heavy atom. The molecule has 168 valence electrons. The molecule has 0 aliphatic carbocycles. The van der Waals surface area contributed by atoms with Crippen molar-refractivity contribution in [2.75, 3.05) is 30.9 Å². The second kappa shape index (κ2) is 9.71. The molecule has 3 aromatic heterocycles. The maximum Gasteiger partial charge on any atom is 0.244 e. The van der Waals surface area contributed by atoms with E-state index in [9.17, 15) is 8.76 Å². The molecule has 2 N–H and O–H groups in total. The van der Waals surface area contributed by atoms with Crippen molar-refractivity contribution in [1.82, 2.24) is 34.7 Å². The number of fused-ring (bicyclic) bond motifs is 1. The predicted octanol–water partition coefficient (Wildman–Crippen LogP) is 1.65. The normalized spacial score (nSPS) is 16.8. The van der Waals surface area contributed by atoms with Gasteiger partial charge in [-0.05, 0) is 36.3 Å². The number of anilines is 1. The van der Waals surface area contributed by atoms with Crippen LogP contribution in [0, 0.1) is 5.92 Å². The lowest BCUT2D eigenvalue weighted by atomic mass is 10.1. The van der Waals surface area contributed by atoms with E-state index in [0.29, 0.717) is 35.7 Å². The van der Waals surface area contributed by atoms with Crippen molar-refractivity contribution in [3.05, 3.63) is 18.6 Å². The minimum atomic E-state index is -2.05. The first-order chi connectivity index (χ1) is 15.0. The first-order valence-electron chi connectivity index (χ1n) is 10.4. The molecule has 0 spiro atoms. The summed E-state index contributed by atoms with van der Waals surface area (Å²) in [5.41, 5.74) is 2.06. The number of likely N-dealkylation sites (tertiary alicyclic amines) is 1. The highest BCUT2D eigenvalue weighted by atomic mass is 32.2. The minimum Gasteiger partial charge on any atom is -0.771 e. The van der Waals surface area contributed by atoms with Crippen molar-refractivity contribution in [3.63, 3.8) is 0 Å². The Hall–Kier alpha value is -2.57. The van der Waals surface area contributed by atoms with E-state index in [-0.39, 0.29) is 11.9 Å². The fourth-order valence-corrected chi connectivity index (χ4v) is 4.09. The highest BCUT2D eigenvalue weighted by Gasteiger charge is 2.22. The smallest absolute Gasteiger partial charge is 0.244 e. The highest BCUT2D eigenvalue weighted by Crippen LogP contribution is 2.28. The molecule has 0 saturated carbocycles. The van der Waals surface area contributed by atoms with Crippen LogP contribution in [0.25, 0.3) is 16.9 Å². The van der Waals surface area contributed by atoms with E-state index in [2.05, 4.69) is 44.4 Å². The summed E-state index contributed by atoms with van der Waals surface area (Å²) in [6, 6.07) is 0.181. The molecular formula is C19H27N8O3S-. The molecule has 4 heterocycles. The van der Waals surface area contributed by atoms with Crippen LogP contribution in [0.1, 0.15) is 33.1 Å². The maximum atomic E-state index is 10.9. The summed E-state index contributed by atoms with van der Waals surface area (Å²) in [7, 11) is 0. The van der Waals surface area contributed by atoms with Crippen LogP contribution >= 0.6 is 0 Å². The molecule has 0 bridgehead atoms. The molecule has 1 aliphatic rings. The summed E-state index contributed by atoms with van der Waals surface area (Å²) in [6.45, 7) is 6.28. The molecule has 0 radical (unpaired) electrons. The zero-order chi connectivity index (χ0) is 21.8. The number of H-pyrrole nitrogens is 1. The van der Waals surface area contributed by atoms with Gasteiger partial charge in [-0.25, -0.2) is 4.98 Å². The van der Waals surface area contributed by atoms with Gasteiger partial charge in [0.25, 0.3) is 0 Å². The van der Waals surface area contributed by atoms with Crippen molar-refractivity contribution in [1.29, 1.82) is 0 Å². The lowest BCUT2D eigenvalue weighted by Crippen LogP contribution is -2.40. The average molecular weight is 448 g/mol. The van der Waals surface area contributed by atoms with E-state index in [0.717, 1.165) is 37.9 Å². The SMILES string of the molecule is CC(C)CCOc1c(-c2cn[nH]c2)ncc2nc(NC3CCN(CS(=O)[O-])CC3)nn12. The highest BCUT2D eigenvalue weighted by molar-refractivity contribution is 7.79. The average Bonchev–Trinajstić information content (AvgIpc) is 3.38. The van der Waals surface area contributed by atoms with Crippen LogP contribution < -0.4 is 10.1 Å². The van der Waals surface area contributed by atoms with E-state index < -0.39 is 11.1 Å². The lowest BCUT2D eigenvalue weighted by molar-refractivity contribution is 0.247. The molecule has 1 fully saturated rings. The van der Waals surface area contributed by atoms with Gasteiger partial charge in [-0.1, -0.05) is 13.8 Å². The number of hydrogen-bond donors (Lipinski definition) is 2. The summed E-state index contributed by atoms with van der Waals surface area (Å²) in [5, 5.41) is 14.8. The van der Waals surface area contributed by atoms with Gasteiger partial charge in [-0.2, -0.15) is 14.6 Å². The molecule has 31 heavy (non-hydrogen) atoms. The second-order valence-electron chi connectivity index (χ2n) is 8.10. The van der Waals surface area contributed by atoms with Crippen LogP contribution in [0.2, 0.25) is 0 Å². The zero-order valence-electron chi connectivity index (χ0n) is 17.7. The Kier molecular flexibility index (Phi) is 6.78. The van der Waals surface area contributed by atoms with E-state index >= 15 is 0 Å². The summed E-state index contributed by atoms with van der Waals surface area (Å²) >= 11 is -2.05. The van der Waals surface area contributed by atoms with Crippen LogP contribution in [0.4, 0.5) is 5.95 Å². The molecule has 0 aromatic carbocycles. The van der Waals surface area contributed by atoms with Crippen LogP contribution in [0.5, 0.6) is 5.88 Å². The number of nitrogens with zero attached hydrogens (tertiary/aromatic N) is 6. The number of hydrogen-bond acceptors (Lipinski definition) is 9. The number of ether oxygens (including phenoxy) is 1. The van der Waals surface area contributed by atoms with Gasteiger partial charge in [-0.3, -0.25) is 14.2 Å². The molecule has 1 unspecified atom stereocenters. The van der Waals surface area contributed by atoms with Gasteiger partial charge in [0, 0.05) is 30.9 Å². The summed E-state index contributed by atoms with van der Waals surface area (Å²) in [6.07, 6.45) is 7.69. The van der Waals surface area contributed by atoms with Gasteiger partial charge >= 0.3 is 0 Å². The van der Waals surface area contributed by atoms with Gasteiger partial charge in [0.05, 0.1) is 24.9 Å². The standard InChI is InChI=1S/C19H28N8O3S/c1-13(2)5-8-30-18-17(14-9-21-22-10-14)20-11-16-24-19(25-27(16)18)23-15-3-6-26(7-4-15)12-31(28)29/h9-11,13,15H,3-8,12H2,1-2H3,(H,21,22)(H,23,25)(H,28,29)/p-1. The summed E-state index contributed by atoms with van der Waals surface area (Å²) in [5.74, 6) is 1.64. The van der Waals surface area contributed by atoms with E-state index in [1.165, 1.54) is 0 Å². The molecule has 3 aromatic rings. The number of aromatic amines is 1. The molecule has 12 heteroatoms. The summed E-state index contributed by atoms with van der Waals surface area (Å²) in [4.78, 5) is 11.0. The number of piperidine rings is 1. The van der Waals surface area contributed by atoms with Gasteiger partial charge in [-0.15, -0.1) is 5.10 Å². The third-order valence-corrected chi connectivity index (χ3v) is 5.83. The molecular weight excluding hydrogens is 420 g/mol. The third-order valence-electron chi connectivity index (χ3n) is 5.25. The van der Waals surface area contributed by atoms with Gasteiger partial charge in [0.1, 0.15) is 5.69 Å². The predicted molar refractivity (Wildman–Crippen MR) is 115 cm³/mol. The Morgan fingerprint density at radius 3 is 2.84 bits per heavy atom. The topological polar surface area (TPSA) is 136 Å². The van der Waals surface area contributed by atoms with E-state index in [4.69, 9.17) is 4.74 Å². The van der Waals surface area contributed by atoms with E-state index in [1.54, 1.807) is 23.1 Å². The molecule has 0 amide bonds. The molecule has 1 aliphatic heterocycles. The Morgan fingerprint density at radius 2 is 2.16 bits per heavy atom. The fraction of sp³-hybridized carbons (Fsp3) is 0.579. The van der Waals surface area contributed by atoms with Crippen molar-refractivity contribution in [2.45, 2.75) is 39.2 Å². The zero-order valence-corrected chi connectivity index (χ0v) is 18.5. The molecule has 11 nitrogen and oxygen atoms in total. The van der Waals surface area contributed by atoms with Crippen LogP contribution in [0.15, 0.2) is 18.6 Å². The number of nitrogens with one attached hydrogen (secondary N) is 2. The van der Waals surface area contributed by atoms with Crippen LogP contribution in [0.3, 0.4) is 0 Å². The maximum absolute atomic E-state index is 10.9. The van der Waals surface area contributed by atoms with Gasteiger partial charge in [0.15, 0.2) is 5.65 Å².